The fraction of sp³-hybridized carbons (Fsp3) is 0.421. The number of nitrogens with one attached hydrogen (secondary N) is 1. The van der Waals surface area contributed by atoms with E-state index < -0.39 is 0 Å². The highest BCUT2D eigenvalue weighted by atomic mass is 16.5. The Morgan fingerprint density at radius 3 is 2.60 bits per heavy atom. The van der Waals surface area contributed by atoms with Gasteiger partial charge in [0.25, 0.3) is 0 Å². The Morgan fingerprint density at radius 1 is 1.20 bits per heavy atom. The number of likely N-dealkylation sites (N-methyl/N-ethyl adjacent to an activating group) is 1. The summed E-state index contributed by atoms with van der Waals surface area (Å²) in [6.07, 6.45) is 2.48. The van der Waals surface area contributed by atoms with Crippen molar-refractivity contribution < 1.29 is 13.9 Å². The van der Waals surface area contributed by atoms with Crippen LogP contribution in [0, 0.1) is 0 Å². The molecule has 0 radical (unpaired) electrons. The number of hydrogen-bond acceptors (Lipinski definition) is 4. The van der Waals surface area contributed by atoms with Crippen LogP contribution in [-0.2, 0) is 6.42 Å². The van der Waals surface area contributed by atoms with Crippen molar-refractivity contribution in [3.63, 3.8) is 0 Å². The number of benzene rings is 1. The lowest BCUT2D eigenvalue weighted by molar-refractivity contribution is 0.281. The van der Waals surface area contributed by atoms with Crippen LogP contribution in [0.15, 0.2) is 52.1 Å². The molecule has 0 aliphatic carbocycles. The molecule has 2 rings (SSSR count). The number of hydrogen-bond donors (Lipinski definition) is 1. The number of nitrogens with zero attached hydrogens (tertiary/aromatic N) is 2. The summed E-state index contributed by atoms with van der Waals surface area (Å²) in [4.78, 5) is 6.70. The number of ether oxygens (including phenoxy) is 2. The second-order valence-electron chi connectivity index (χ2n) is 5.51. The van der Waals surface area contributed by atoms with Gasteiger partial charge in [0.1, 0.15) is 23.9 Å². The fourth-order valence-corrected chi connectivity index (χ4v) is 2.27. The monoisotopic (exact) mass is 345 g/mol. The molecule has 0 unspecified atom stereocenters. The van der Waals surface area contributed by atoms with Gasteiger partial charge in [0.15, 0.2) is 5.96 Å². The van der Waals surface area contributed by atoms with Gasteiger partial charge in [-0.2, -0.15) is 0 Å². The van der Waals surface area contributed by atoms with Gasteiger partial charge in [0.05, 0.1) is 19.9 Å². The summed E-state index contributed by atoms with van der Waals surface area (Å²) in [6.45, 7) is 4.87. The number of rotatable bonds is 9. The fourth-order valence-electron chi connectivity index (χ4n) is 2.27. The topological polar surface area (TPSA) is 59.2 Å². The van der Waals surface area contributed by atoms with E-state index in [0.29, 0.717) is 13.2 Å². The average Bonchev–Trinajstić information content (AvgIpc) is 3.15. The number of furan rings is 1. The molecule has 0 spiro atoms. The molecule has 0 saturated heterocycles. The van der Waals surface area contributed by atoms with Crippen molar-refractivity contribution in [3.8, 4) is 11.5 Å². The van der Waals surface area contributed by atoms with Gasteiger partial charge in [0.2, 0.25) is 0 Å². The van der Waals surface area contributed by atoms with Crippen molar-refractivity contribution in [2.24, 2.45) is 4.99 Å². The molecule has 136 valence electrons. The van der Waals surface area contributed by atoms with Gasteiger partial charge in [-0.05, 0) is 43.3 Å². The molecule has 0 fully saturated rings. The Kier molecular flexibility index (Phi) is 7.69. The minimum atomic E-state index is 0.575. The van der Waals surface area contributed by atoms with Crippen molar-refractivity contribution in [1.82, 2.24) is 10.2 Å². The maximum Gasteiger partial charge on any atom is 0.193 e. The molecule has 0 aliphatic heterocycles. The summed E-state index contributed by atoms with van der Waals surface area (Å²) in [5.74, 6) is 3.47. The molecule has 25 heavy (non-hydrogen) atoms. The molecule has 0 amide bonds. The summed E-state index contributed by atoms with van der Waals surface area (Å²) in [6, 6.07) is 11.4. The normalized spacial score (nSPS) is 11.2. The molecule has 0 saturated carbocycles. The molecular weight excluding hydrogens is 318 g/mol. The van der Waals surface area contributed by atoms with Crippen LogP contribution >= 0.6 is 0 Å². The summed E-state index contributed by atoms with van der Waals surface area (Å²) in [5, 5.41) is 3.30. The van der Waals surface area contributed by atoms with Crippen LogP contribution in [0.25, 0.3) is 0 Å². The van der Waals surface area contributed by atoms with E-state index in [1.807, 2.05) is 43.4 Å². The molecule has 0 atom stereocenters. The molecule has 6 heteroatoms. The van der Waals surface area contributed by atoms with E-state index in [2.05, 4.69) is 22.1 Å². The molecule has 1 aromatic heterocycles. The Bertz CT molecular complexity index is 624. The molecule has 1 aromatic carbocycles. The van der Waals surface area contributed by atoms with Crippen molar-refractivity contribution in [1.29, 1.82) is 0 Å². The quantitative estimate of drug-likeness (QED) is 0.559. The standard InChI is InChI=1S/C19H27N3O3/c1-4-20-19(21-12-11-17-6-5-14-24-17)22(2)13-15-25-18-9-7-16(23-3)8-10-18/h5-10,14H,4,11-13,15H2,1-3H3,(H,20,21). The van der Waals surface area contributed by atoms with E-state index >= 15 is 0 Å². The molecule has 1 N–H and O–H groups in total. The van der Waals surface area contributed by atoms with E-state index in [1.54, 1.807) is 13.4 Å². The van der Waals surface area contributed by atoms with Crippen molar-refractivity contribution in [3.05, 3.63) is 48.4 Å². The van der Waals surface area contributed by atoms with E-state index in [-0.39, 0.29) is 0 Å². The lowest BCUT2D eigenvalue weighted by Gasteiger charge is -2.22. The van der Waals surface area contributed by atoms with Crippen LogP contribution in [0.4, 0.5) is 0 Å². The van der Waals surface area contributed by atoms with Gasteiger partial charge in [0, 0.05) is 26.6 Å². The van der Waals surface area contributed by atoms with Crippen LogP contribution in [0.2, 0.25) is 0 Å². The SMILES string of the molecule is CCNC(=NCCc1ccco1)N(C)CCOc1ccc(OC)cc1. The summed E-state index contributed by atoms with van der Waals surface area (Å²) < 4.78 is 16.2. The minimum absolute atomic E-state index is 0.575. The van der Waals surface area contributed by atoms with E-state index in [4.69, 9.17) is 13.9 Å². The minimum Gasteiger partial charge on any atom is -0.497 e. The first-order valence-electron chi connectivity index (χ1n) is 8.51. The Labute approximate surface area is 149 Å². The lowest BCUT2D eigenvalue weighted by Crippen LogP contribution is -2.41. The maximum absolute atomic E-state index is 5.77. The first-order chi connectivity index (χ1) is 12.2. The number of guanidine groups is 1. The number of aliphatic imine (C=N–C) groups is 1. The van der Waals surface area contributed by atoms with Crippen molar-refractivity contribution in [2.45, 2.75) is 13.3 Å². The lowest BCUT2D eigenvalue weighted by atomic mass is 10.3. The largest absolute Gasteiger partial charge is 0.497 e. The number of methoxy groups -OCH3 is 1. The predicted octanol–water partition coefficient (Wildman–Crippen LogP) is 2.81. The second-order valence-corrected chi connectivity index (χ2v) is 5.51. The van der Waals surface area contributed by atoms with Gasteiger partial charge in [-0.1, -0.05) is 0 Å². The third kappa shape index (κ3) is 6.41. The molecular formula is C19H27N3O3. The zero-order valence-electron chi connectivity index (χ0n) is 15.2. The Hall–Kier alpha value is -2.63. The van der Waals surface area contributed by atoms with E-state index in [0.717, 1.165) is 42.7 Å². The van der Waals surface area contributed by atoms with Crippen molar-refractivity contribution >= 4 is 5.96 Å². The first-order valence-corrected chi connectivity index (χ1v) is 8.51. The summed E-state index contributed by atoms with van der Waals surface area (Å²) >= 11 is 0. The average molecular weight is 345 g/mol. The third-order valence-electron chi connectivity index (χ3n) is 3.65. The Balaban J connectivity index is 1.78. The molecule has 2 aromatic rings. The van der Waals surface area contributed by atoms with Gasteiger partial charge in [-0.3, -0.25) is 4.99 Å². The van der Waals surface area contributed by atoms with Gasteiger partial charge >= 0.3 is 0 Å². The van der Waals surface area contributed by atoms with Crippen LogP contribution in [0.1, 0.15) is 12.7 Å². The highest BCUT2D eigenvalue weighted by Gasteiger charge is 2.06. The molecule has 6 nitrogen and oxygen atoms in total. The Morgan fingerprint density at radius 2 is 1.96 bits per heavy atom. The van der Waals surface area contributed by atoms with Crippen LogP contribution in [0.3, 0.4) is 0 Å². The highest BCUT2D eigenvalue weighted by molar-refractivity contribution is 5.79. The van der Waals surface area contributed by atoms with Crippen LogP contribution in [0.5, 0.6) is 11.5 Å². The van der Waals surface area contributed by atoms with Crippen LogP contribution in [-0.4, -0.2) is 51.3 Å². The summed E-state index contributed by atoms with van der Waals surface area (Å²) in [7, 11) is 3.66. The van der Waals surface area contributed by atoms with Gasteiger partial charge in [-0.25, -0.2) is 0 Å². The predicted molar refractivity (Wildman–Crippen MR) is 99.5 cm³/mol. The molecule has 0 aliphatic rings. The highest BCUT2D eigenvalue weighted by Crippen LogP contribution is 2.16. The smallest absolute Gasteiger partial charge is 0.193 e. The molecule has 0 bridgehead atoms. The van der Waals surface area contributed by atoms with Gasteiger partial charge < -0.3 is 24.1 Å². The zero-order chi connectivity index (χ0) is 17.9. The third-order valence-corrected chi connectivity index (χ3v) is 3.65. The molecule has 1 heterocycles. The van der Waals surface area contributed by atoms with E-state index in [9.17, 15) is 0 Å². The van der Waals surface area contributed by atoms with Crippen molar-refractivity contribution in [2.75, 3.05) is 40.4 Å². The first kappa shape index (κ1) is 18.7. The maximum atomic E-state index is 5.77. The second kappa shape index (κ2) is 10.3. The van der Waals surface area contributed by atoms with Gasteiger partial charge in [-0.15, -0.1) is 0 Å². The zero-order valence-corrected chi connectivity index (χ0v) is 15.2. The van der Waals surface area contributed by atoms with E-state index in [1.165, 1.54) is 0 Å². The van der Waals surface area contributed by atoms with Crippen LogP contribution < -0.4 is 14.8 Å². The summed E-state index contributed by atoms with van der Waals surface area (Å²) in [5.41, 5.74) is 0.